The molecule has 2 rings (SSSR count). The first kappa shape index (κ1) is 19.8. The molecule has 0 N–H and O–H groups in total. The van der Waals surface area contributed by atoms with E-state index in [4.69, 9.17) is 15.3 Å². The van der Waals surface area contributed by atoms with Crippen molar-refractivity contribution in [1.29, 1.82) is 15.8 Å². The van der Waals surface area contributed by atoms with Gasteiger partial charge < -0.3 is 14.5 Å². The van der Waals surface area contributed by atoms with Crippen LogP contribution in [0.1, 0.15) is 31.9 Å². The van der Waals surface area contributed by atoms with Gasteiger partial charge in [-0.15, -0.1) is 0 Å². The number of nitriles is 3. The molecule has 0 saturated carbocycles. The molecule has 0 unspecified atom stereocenters. The summed E-state index contributed by atoms with van der Waals surface area (Å²) in [5, 5.41) is 27.2. The highest BCUT2D eigenvalue weighted by atomic mass is 16.6. The maximum Gasteiger partial charge on any atom is 0.410 e. The zero-order chi connectivity index (χ0) is 20.0. The summed E-state index contributed by atoms with van der Waals surface area (Å²) in [6, 6.07) is 11.0. The Morgan fingerprint density at radius 2 is 1.74 bits per heavy atom. The van der Waals surface area contributed by atoms with E-state index in [0.717, 1.165) is 5.69 Å². The first-order valence-corrected chi connectivity index (χ1v) is 8.56. The van der Waals surface area contributed by atoms with Gasteiger partial charge in [-0.1, -0.05) is 6.07 Å². The molecular formula is C20H21N5O2. The van der Waals surface area contributed by atoms with Crippen molar-refractivity contribution < 1.29 is 9.53 Å². The van der Waals surface area contributed by atoms with Crippen LogP contribution in [0.5, 0.6) is 0 Å². The Morgan fingerprint density at radius 1 is 1.11 bits per heavy atom. The van der Waals surface area contributed by atoms with Crippen molar-refractivity contribution in [3.05, 3.63) is 34.9 Å². The Morgan fingerprint density at radius 3 is 2.26 bits per heavy atom. The van der Waals surface area contributed by atoms with Crippen LogP contribution in [0.2, 0.25) is 0 Å². The first-order valence-electron chi connectivity index (χ1n) is 8.56. The largest absolute Gasteiger partial charge is 0.444 e. The zero-order valence-corrected chi connectivity index (χ0v) is 15.7. The van der Waals surface area contributed by atoms with Crippen molar-refractivity contribution in [1.82, 2.24) is 4.90 Å². The number of nitrogens with zero attached hydrogens (tertiary/aromatic N) is 5. The number of allylic oxidation sites excluding steroid dienone is 1. The third-order valence-corrected chi connectivity index (χ3v) is 3.97. The van der Waals surface area contributed by atoms with Crippen molar-refractivity contribution in [2.24, 2.45) is 0 Å². The number of benzene rings is 1. The number of piperazine rings is 1. The number of hydrogen-bond donors (Lipinski definition) is 0. The molecule has 0 aromatic heterocycles. The van der Waals surface area contributed by atoms with Crippen LogP contribution in [0.3, 0.4) is 0 Å². The molecule has 0 spiro atoms. The van der Waals surface area contributed by atoms with E-state index >= 15 is 0 Å². The second-order valence-corrected chi connectivity index (χ2v) is 7.12. The Kier molecular flexibility index (Phi) is 6.06. The van der Waals surface area contributed by atoms with Crippen LogP contribution in [0.4, 0.5) is 10.5 Å². The second kappa shape index (κ2) is 8.25. The quantitative estimate of drug-likeness (QED) is 0.748. The van der Waals surface area contributed by atoms with Crippen molar-refractivity contribution in [2.45, 2.75) is 26.4 Å². The predicted molar refractivity (Wildman–Crippen MR) is 100 cm³/mol. The molecule has 138 valence electrons. The maximum absolute atomic E-state index is 12.2. The van der Waals surface area contributed by atoms with Gasteiger partial charge in [0.05, 0.1) is 11.3 Å². The molecule has 1 amide bonds. The minimum absolute atomic E-state index is 0.0161. The SMILES string of the molecule is CC(C)(C)OC(=O)N1CCN(c2ccc(C=C(C#N)C#N)cc2C#N)CC1. The summed E-state index contributed by atoms with van der Waals surface area (Å²) in [5.41, 5.74) is 1.31. The third-order valence-electron chi connectivity index (χ3n) is 3.97. The van der Waals surface area contributed by atoms with Gasteiger partial charge in [0.15, 0.2) is 0 Å². The number of amides is 1. The topological polar surface area (TPSA) is 104 Å². The van der Waals surface area contributed by atoms with Gasteiger partial charge in [0.25, 0.3) is 0 Å². The van der Waals surface area contributed by atoms with E-state index in [2.05, 4.69) is 6.07 Å². The van der Waals surface area contributed by atoms with Crippen LogP contribution in [0, 0.1) is 34.0 Å². The van der Waals surface area contributed by atoms with Gasteiger partial charge in [-0.25, -0.2) is 4.79 Å². The minimum Gasteiger partial charge on any atom is -0.444 e. The van der Waals surface area contributed by atoms with Crippen LogP contribution in [0.25, 0.3) is 6.08 Å². The van der Waals surface area contributed by atoms with Crippen LogP contribution >= 0.6 is 0 Å². The highest BCUT2D eigenvalue weighted by Gasteiger charge is 2.26. The smallest absolute Gasteiger partial charge is 0.410 e. The molecule has 0 aliphatic carbocycles. The average Bonchev–Trinajstić information content (AvgIpc) is 2.64. The molecule has 0 atom stereocenters. The summed E-state index contributed by atoms with van der Waals surface area (Å²) in [4.78, 5) is 15.9. The zero-order valence-electron chi connectivity index (χ0n) is 15.7. The first-order chi connectivity index (χ1) is 12.8. The summed E-state index contributed by atoms with van der Waals surface area (Å²) in [6.07, 6.45) is 1.12. The van der Waals surface area contributed by atoms with E-state index in [0.29, 0.717) is 37.3 Å². The van der Waals surface area contributed by atoms with Gasteiger partial charge in [0.2, 0.25) is 0 Å². The summed E-state index contributed by atoms with van der Waals surface area (Å²) in [7, 11) is 0. The molecule has 1 saturated heterocycles. The number of hydrogen-bond acceptors (Lipinski definition) is 6. The number of carbonyl (C=O) groups excluding carboxylic acids is 1. The fraction of sp³-hybridized carbons (Fsp3) is 0.400. The Labute approximate surface area is 159 Å². The standard InChI is InChI=1S/C20H21N5O2/c1-20(2,3)27-19(26)25-8-6-24(7-9-25)18-5-4-15(11-17(18)14-23)10-16(12-21)13-22/h4-5,10-11H,6-9H2,1-3H3. The summed E-state index contributed by atoms with van der Waals surface area (Å²) in [5.74, 6) is 0. The van der Waals surface area contributed by atoms with Crippen molar-refractivity contribution in [3.8, 4) is 18.2 Å². The van der Waals surface area contributed by atoms with Crippen LogP contribution < -0.4 is 4.90 Å². The van der Waals surface area contributed by atoms with E-state index in [1.54, 1.807) is 35.2 Å². The molecule has 1 aromatic rings. The Hall–Kier alpha value is -3.50. The second-order valence-electron chi connectivity index (χ2n) is 7.12. The monoisotopic (exact) mass is 363 g/mol. The van der Waals surface area contributed by atoms with Crippen molar-refractivity contribution >= 4 is 17.9 Å². The van der Waals surface area contributed by atoms with E-state index in [1.165, 1.54) is 6.08 Å². The van der Waals surface area contributed by atoms with Gasteiger partial charge in [0.1, 0.15) is 29.4 Å². The maximum atomic E-state index is 12.2. The summed E-state index contributed by atoms with van der Waals surface area (Å²) in [6.45, 7) is 7.69. The van der Waals surface area contributed by atoms with Gasteiger partial charge in [0, 0.05) is 26.2 Å². The minimum atomic E-state index is -0.531. The lowest BCUT2D eigenvalue weighted by atomic mass is 10.1. The lowest BCUT2D eigenvalue weighted by Gasteiger charge is -2.37. The molecule has 27 heavy (non-hydrogen) atoms. The molecule has 1 fully saturated rings. The van der Waals surface area contributed by atoms with E-state index in [9.17, 15) is 10.1 Å². The summed E-state index contributed by atoms with van der Waals surface area (Å²) < 4.78 is 5.39. The number of carbonyl (C=O) groups is 1. The number of rotatable bonds is 2. The lowest BCUT2D eigenvalue weighted by molar-refractivity contribution is 0.0240. The number of anilines is 1. The molecule has 1 aliphatic heterocycles. The fourth-order valence-corrected chi connectivity index (χ4v) is 2.72. The highest BCUT2D eigenvalue weighted by Crippen LogP contribution is 2.24. The lowest BCUT2D eigenvalue weighted by Crippen LogP contribution is -2.50. The van der Waals surface area contributed by atoms with Crippen LogP contribution in [-0.2, 0) is 4.74 Å². The molecule has 1 aliphatic rings. The molecule has 7 heteroatoms. The van der Waals surface area contributed by atoms with Gasteiger partial charge >= 0.3 is 6.09 Å². The predicted octanol–water partition coefficient (Wildman–Crippen LogP) is 3.05. The van der Waals surface area contributed by atoms with E-state index in [1.807, 2.05) is 25.7 Å². The summed E-state index contributed by atoms with van der Waals surface area (Å²) >= 11 is 0. The van der Waals surface area contributed by atoms with E-state index in [-0.39, 0.29) is 11.7 Å². The van der Waals surface area contributed by atoms with Crippen LogP contribution in [0.15, 0.2) is 23.8 Å². The molecule has 1 aromatic carbocycles. The highest BCUT2D eigenvalue weighted by molar-refractivity contribution is 5.70. The van der Waals surface area contributed by atoms with Crippen molar-refractivity contribution in [3.63, 3.8) is 0 Å². The third kappa shape index (κ3) is 5.23. The average molecular weight is 363 g/mol. The molecule has 7 nitrogen and oxygen atoms in total. The van der Waals surface area contributed by atoms with Gasteiger partial charge in [-0.05, 0) is 44.5 Å². The molecule has 0 bridgehead atoms. The number of ether oxygens (including phenoxy) is 1. The van der Waals surface area contributed by atoms with Crippen molar-refractivity contribution in [2.75, 3.05) is 31.1 Å². The molecule has 0 radical (unpaired) electrons. The fourth-order valence-electron chi connectivity index (χ4n) is 2.72. The molecule has 1 heterocycles. The van der Waals surface area contributed by atoms with Gasteiger partial charge in [-0.2, -0.15) is 15.8 Å². The van der Waals surface area contributed by atoms with Gasteiger partial charge in [-0.3, -0.25) is 0 Å². The Balaban J connectivity index is 2.11. The van der Waals surface area contributed by atoms with E-state index < -0.39 is 5.60 Å². The van der Waals surface area contributed by atoms with Crippen LogP contribution in [-0.4, -0.2) is 42.8 Å². The molecular weight excluding hydrogens is 342 g/mol. The normalized spacial score (nSPS) is 13.8. The Bertz CT molecular complexity index is 854.